The second-order valence-corrected chi connectivity index (χ2v) is 5.97. The third-order valence-electron chi connectivity index (χ3n) is 4.23. The summed E-state index contributed by atoms with van der Waals surface area (Å²) in [5.74, 6) is 0.360. The van der Waals surface area contributed by atoms with Crippen LogP contribution in [0.15, 0.2) is 60.9 Å². The van der Waals surface area contributed by atoms with Crippen LogP contribution in [0.1, 0.15) is 28.9 Å². The summed E-state index contributed by atoms with van der Waals surface area (Å²) in [6.45, 7) is 2.04. The number of nitrogens with zero attached hydrogens (tertiary/aromatic N) is 2. The van der Waals surface area contributed by atoms with Gasteiger partial charge in [-0.3, -0.25) is 4.98 Å². The zero-order valence-corrected chi connectivity index (χ0v) is 15.5. The van der Waals surface area contributed by atoms with Gasteiger partial charge in [0.05, 0.1) is 14.2 Å². The van der Waals surface area contributed by atoms with Gasteiger partial charge in [0.25, 0.3) is 0 Å². The molecule has 0 aliphatic rings. The Morgan fingerprint density at radius 1 is 1.04 bits per heavy atom. The molecule has 1 atom stereocenters. The summed E-state index contributed by atoms with van der Waals surface area (Å²) in [5.41, 5.74) is 3.59. The number of nitrogens with one attached hydrogen (secondary N) is 1. The summed E-state index contributed by atoms with van der Waals surface area (Å²) in [5, 5.41) is 3.32. The predicted molar refractivity (Wildman–Crippen MR) is 104 cm³/mol. The quantitative estimate of drug-likeness (QED) is 0.665. The van der Waals surface area contributed by atoms with Gasteiger partial charge in [-0.25, -0.2) is 4.79 Å². The summed E-state index contributed by atoms with van der Waals surface area (Å²) in [6, 6.07) is 15.6. The van der Waals surface area contributed by atoms with Gasteiger partial charge in [-0.2, -0.15) is 4.98 Å². The number of carbonyl (C=O) groups is 1. The molecular formula is C21H21N3O3. The maximum absolute atomic E-state index is 11.7. The van der Waals surface area contributed by atoms with E-state index in [0.717, 1.165) is 16.7 Å². The van der Waals surface area contributed by atoms with Gasteiger partial charge in [-0.1, -0.05) is 30.3 Å². The standard InChI is InChI=1S/C21H21N3O3/c1-14(15-6-8-16(9-7-15)17-5-4-12-22-13-17)23-19-11-10-18(21(25)27-3)20(24-19)26-2/h4-14H,1-3H3,(H,23,24). The number of methoxy groups -OCH3 is 2. The largest absolute Gasteiger partial charge is 0.480 e. The molecule has 27 heavy (non-hydrogen) atoms. The second-order valence-electron chi connectivity index (χ2n) is 5.97. The number of aromatic nitrogens is 2. The molecule has 138 valence electrons. The van der Waals surface area contributed by atoms with Gasteiger partial charge in [0.15, 0.2) is 0 Å². The lowest BCUT2D eigenvalue weighted by Gasteiger charge is -2.16. The van der Waals surface area contributed by atoms with Gasteiger partial charge in [-0.15, -0.1) is 0 Å². The third kappa shape index (κ3) is 4.23. The minimum atomic E-state index is -0.482. The zero-order valence-electron chi connectivity index (χ0n) is 15.5. The van der Waals surface area contributed by atoms with Crippen molar-refractivity contribution in [3.05, 3.63) is 72.1 Å². The van der Waals surface area contributed by atoms with Crippen molar-refractivity contribution >= 4 is 11.8 Å². The first kappa shape index (κ1) is 18.4. The molecule has 2 heterocycles. The maximum Gasteiger partial charge on any atom is 0.343 e. The summed E-state index contributed by atoms with van der Waals surface area (Å²) < 4.78 is 9.94. The van der Waals surface area contributed by atoms with Crippen LogP contribution in [-0.2, 0) is 4.74 Å². The highest BCUT2D eigenvalue weighted by atomic mass is 16.5. The van der Waals surface area contributed by atoms with E-state index in [-0.39, 0.29) is 11.9 Å². The van der Waals surface area contributed by atoms with E-state index >= 15 is 0 Å². The molecule has 3 rings (SSSR count). The fourth-order valence-corrected chi connectivity index (χ4v) is 2.74. The van der Waals surface area contributed by atoms with E-state index in [0.29, 0.717) is 11.4 Å². The molecule has 1 aromatic carbocycles. The third-order valence-corrected chi connectivity index (χ3v) is 4.23. The zero-order chi connectivity index (χ0) is 19.2. The molecule has 1 unspecified atom stereocenters. The van der Waals surface area contributed by atoms with Gasteiger partial charge in [0, 0.05) is 18.4 Å². The molecule has 0 radical (unpaired) electrons. The highest BCUT2D eigenvalue weighted by Gasteiger charge is 2.15. The van der Waals surface area contributed by atoms with Crippen molar-refractivity contribution in [1.82, 2.24) is 9.97 Å². The molecule has 2 aromatic heterocycles. The normalized spacial score (nSPS) is 11.5. The van der Waals surface area contributed by atoms with E-state index in [2.05, 4.69) is 39.6 Å². The molecule has 0 saturated heterocycles. The fourth-order valence-electron chi connectivity index (χ4n) is 2.74. The van der Waals surface area contributed by atoms with E-state index in [1.165, 1.54) is 14.2 Å². The minimum Gasteiger partial charge on any atom is -0.480 e. The first-order valence-electron chi connectivity index (χ1n) is 8.52. The number of pyridine rings is 2. The Balaban J connectivity index is 1.75. The Hall–Kier alpha value is -3.41. The Labute approximate surface area is 158 Å². The molecule has 6 heteroatoms. The summed E-state index contributed by atoms with van der Waals surface area (Å²) in [6.07, 6.45) is 3.60. The van der Waals surface area contributed by atoms with Crippen molar-refractivity contribution in [2.75, 3.05) is 19.5 Å². The Morgan fingerprint density at radius 3 is 2.44 bits per heavy atom. The van der Waals surface area contributed by atoms with Crippen LogP contribution in [0, 0.1) is 0 Å². The van der Waals surface area contributed by atoms with Crippen LogP contribution < -0.4 is 10.1 Å². The maximum atomic E-state index is 11.7. The van der Waals surface area contributed by atoms with Crippen molar-refractivity contribution in [3.63, 3.8) is 0 Å². The molecule has 6 nitrogen and oxygen atoms in total. The number of anilines is 1. The van der Waals surface area contributed by atoms with Gasteiger partial charge in [0.2, 0.25) is 5.88 Å². The van der Waals surface area contributed by atoms with Gasteiger partial charge >= 0.3 is 5.97 Å². The molecule has 0 bridgehead atoms. The molecule has 3 aromatic rings. The highest BCUT2D eigenvalue weighted by molar-refractivity contribution is 5.92. The number of hydrogen-bond acceptors (Lipinski definition) is 6. The van der Waals surface area contributed by atoms with Crippen molar-refractivity contribution in [3.8, 4) is 17.0 Å². The summed E-state index contributed by atoms with van der Waals surface area (Å²) >= 11 is 0. The predicted octanol–water partition coefficient (Wildman–Crippen LogP) is 4.11. The average molecular weight is 363 g/mol. The van der Waals surface area contributed by atoms with Crippen LogP contribution in [0.3, 0.4) is 0 Å². The lowest BCUT2D eigenvalue weighted by molar-refractivity contribution is 0.0596. The van der Waals surface area contributed by atoms with Crippen molar-refractivity contribution in [1.29, 1.82) is 0 Å². The lowest BCUT2D eigenvalue weighted by Crippen LogP contribution is -2.10. The van der Waals surface area contributed by atoms with Crippen molar-refractivity contribution < 1.29 is 14.3 Å². The van der Waals surface area contributed by atoms with E-state index in [1.807, 2.05) is 25.3 Å². The van der Waals surface area contributed by atoms with E-state index in [1.54, 1.807) is 18.3 Å². The van der Waals surface area contributed by atoms with Crippen molar-refractivity contribution in [2.24, 2.45) is 0 Å². The molecule has 0 fully saturated rings. The molecule has 1 N–H and O–H groups in total. The van der Waals surface area contributed by atoms with Gasteiger partial charge in [-0.05, 0) is 41.8 Å². The number of ether oxygens (including phenoxy) is 2. The first-order chi connectivity index (χ1) is 13.1. The van der Waals surface area contributed by atoms with Crippen LogP contribution in [0.5, 0.6) is 5.88 Å². The molecule has 0 amide bonds. The Bertz CT molecular complexity index is 912. The number of carbonyl (C=O) groups excluding carboxylic acids is 1. The molecule has 0 saturated carbocycles. The molecular weight excluding hydrogens is 342 g/mol. The summed E-state index contributed by atoms with van der Waals surface area (Å²) in [7, 11) is 2.80. The lowest BCUT2D eigenvalue weighted by atomic mass is 10.0. The van der Waals surface area contributed by atoms with E-state index in [4.69, 9.17) is 9.47 Å². The average Bonchev–Trinajstić information content (AvgIpc) is 2.73. The summed E-state index contributed by atoms with van der Waals surface area (Å²) in [4.78, 5) is 20.2. The van der Waals surface area contributed by atoms with Crippen LogP contribution in [0.4, 0.5) is 5.82 Å². The van der Waals surface area contributed by atoms with Crippen LogP contribution >= 0.6 is 0 Å². The monoisotopic (exact) mass is 363 g/mol. The van der Waals surface area contributed by atoms with Gasteiger partial charge in [0.1, 0.15) is 11.4 Å². The number of hydrogen-bond donors (Lipinski definition) is 1. The topological polar surface area (TPSA) is 73.3 Å². The molecule has 0 spiro atoms. The number of rotatable bonds is 6. The smallest absolute Gasteiger partial charge is 0.343 e. The van der Waals surface area contributed by atoms with Crippen LogP contribution in [-0.4, -0.2) is 30.2 Å². The van der Waals surface area contributed by atoms with E-state index in [9.17, 15) is 4.79 Å². The highest BCUT2D eigenvalue weighted by Crippen LogP contribution is 2.25. The van der Waals surface area contributed by atoms with E-state index < -0.39 is 5.97 Å². The van der Waals surface area contributed by atoms with Gasteiger partial charge < -0.3 is 14.8 Å². The van der Waals surface area contributed by atoms with Crippen LogP contribution in [0.2, 0.25) is 0 Å². The Morgan fingerprint density at radius 2 is 1.81 bits per heavy atom. The molecule has 0 aliphatic heterocycles. The van der Waals surface area contributed by atoms with Crippen molar-refractivity contribution in [2.45, 2.75) is 13.0 Å². The fraction of sp³-hybridized carbons (Fsp3) is 0.190. The molecule has 0 aliphatic carbocycles. The first-order valence-corrected chi connectivity index (χ1v) is 8.52. The second kappa shape index (κ2) is 8.31. The minimum absolute atomic E-state index is 0.0223. The Kier molecular flexibility index (Phi) is 5.66. The SMILES string of the molecule is COC(=O)c1ccc(NC(C)c2ccc(-c3cccnc3)cc2)nc1OC. The number of benzene rings is 1. The van der Waals surface area contributed by atoms with Crippen LogP contribution in [0.25, 0.3) is 11.1 Å². The number of esters is 1.